The summed E-state index contributed by atoms with van der Waals surface area (Å²) in [7, 11) is 0. The summed E-state index contributed by atoms with van der Waals surface area (Å²) in [6.45, 7) is 3.91. The van der Waals surface area contributed by atoms with E-state index in [2.05, 4.69) is 6.58 Å². The second-order valence-electron chi connectivity index (χ2n) is 4.08. The molecule has 0 heterocycles. The van der Waals surface area contributed by atoms with Crippen molar-refractivity contribution in [3.05, 3.63) is 12.2 Å². The van der Waals surface area contributed by atoms with Crippen molar-refractivity contribution >= 4 is 0 Å². The predicted molar refractivity (Wildman–Crippen MR) is 45.3 cm³/mol. The predicted octanol–water partition coefficient (Wildman–Crippen LogP) is 2.26. The molecule has 0 saturated heterocycles. The van der Waals surface area contributed by atoms with E-state index in [4.69, 9.17) is 0 Å². The average molecular weight is 152 g/mol. The number of hydrogen-bond donors (Lipinski definition) is 1. The lowest BCUT2D eigenvalue weighted by atomic mass is 9.81. The zero-order chi connectivity index (χ0) is 7.90. The molecule has 0 aliphatic heterocycles. The third kappa shape index (κ3) is 1.22. The Hall–Kier alpha value is -0.300. The summed E-state index contributed by atoms with van der Waals surface area (Å²) in [4.78, 5) is 0. The van der Waals surface area contributed by atoms with Crippen LogP contribution in [0.5, 0.6) is 0 Å². The Balaban J connectivity index is 2.02. The lowest BCUT2D eigenvalue weighted by molar-refractivity contribution is -0.0128. The van der Waals surface area contributed by atoms with Crippen molar-refractivity contribution in [3.8, 4) is 0 Å². The molecule has 0 bridgehead atoms. The molecule has 1 nitrogen and oxygen atoms in total. The summed E-state index contributed by atoms with van der Waals surface area (Å²) in [6, 6.07) is 0. The first-order valence-corrected chi connectivity index (χ1v) is 4.62. The second-order valence-corrected chi connectivity index (χ2v) is 4.08. The van der Waals surface area contributed by atoms with E-state index in [1.807, 2.05) is 0 Å². The van der Waals surface area contributed by atoms with Crippen LogP contribution in [0.25, 0.3) is 0 Å². The summed E-state index contributed by atoms with van der Waals surface area (Å²) in [5, 5.41) is 10.1. The van der Waals surface area contributed by atoms with Gasteiger partial charge in [0.05, 0.1) is 5.60 Å². The minimum absolute atomic E-state index is 0.338. The van der Waals surface area contributed by atoms with E-state index in [1.54, 1.807) is 0 Å². The van der Waals surface area contributed by atoms with Gasteiger partial charge in [0.25, 0.3) is 0 Å². The summed E-state index contributed by atoms with van der Waals surface area (Å²) in [6.07, 6.45) is 6.83. The van der Waals surface area contributed by atoms with Gasteiger partial charge in [0.15, 0.2) is 0 Å². The molecule has 0 aromatic rings. The quantitative estimate of drug-likeness (QED) is 0.571. The molecule has 0 aromatic carbocycles. The molecule has 1 atom stereocenters. The smallest absolute Gasteiger partial charge is 0.0715 e. The van der Waals surface area contributed by atoms with Crippen molar-refractivity contribution in [2.75, 3.05) is 0 Å². The van der Waals surface area contributed by atoms with Crippen LogP contribution in [-0.2, 0) is 0 Å². The van der Waals surface area contributed by atoms with Gasteiger partial charge in [0, 0.05) is 5.92 Å². The van der Waals surface area contributed by atoms with Crippen molar-refractivity contribution in [2.24, 2.45) is 5.92 Å². The maximum Gasteiger partial charge on any atom is 0.0715 e. The van der Waals surface area contributed by atoms with E-state index >= 15 is 0 Å². The van der Waals surface area contributed by atoms with Crippen LogP contribution in [0.4, 0.5) is 0 Å². The van der Waals surface area contributed by atoms with Crippen molar-refractivity contribution in [1.82, 2.24) is 0 Å². The van der Waals surface area contributed by atoms with Crippen LogP contribution >= 0.6 is 0 Å². The molecule has 0 radical (unpaired) electrons. The molecule has 0 unspecified atom stereocenters. The van der Waals surface area contributed by atoms with Crippen molar-refractivity contribution in [1.29, 1.82) is 0 Å². The van der Waals surface area contributed by atoms with E-state index in [0.29, 0.717) is 5.92 Å². The van der Waals surface area contributed by atoms with Crippen LogP contribution in [0.1, 0.15) is 38.5 Å². The Morgan fingerprint density at radius 3 is 2.27 bits per heavy atom. The third-order valence-electron chi connectivity index (χ3n) is 3.17. The Bertz CT molecular complexity index is 177. The van der Waals surface area contributed by atoms with Crippen LogP contribution in [-0.4, -0.2) is 10.7 Å². The Labute approximate surface area is 68.1 Å². The number of aliphatic hydroxyl groups is 1. The molecular formula is C10H16O. The Morgan fingerprint density at radius 1 is 1.27 bits per heavy atom. The van der Waals surface area contributed by atoms with Gasteiger partial charge in [-0.15, -0.1) is 0 Å². The molecule has 1 heteroatoms. The molecular weight excluding hydrogens is 136 g/mol. The highest BCUT2D eigenvalue weighted by molar-refractivity contribution is 5.25. The molecule has 0 spiro atoms. The maximum absolute atomic E-state index is 10.1. The first-order valence-electron chi connectivity index (χ1n) is 4.62. The summed E-state index contributed by atoms with van der Waals surface area (Å²) in [5.41, 5.74) is 0.935. The minimum Gasteiger partial charge on any atom is -0.389 e. The van der Waals surface area contributed by atoms with Crippen LogP contribution in [0.2, 0.25) is 0 Å². The molecule has 0 amide bonds. The van der Waals surface area contributed by atoms with Gasteiger partial charge in [-0.25, -0.2) is 0 Å². The first kappa shape index (κ1) is 7.35. The van der Waals surface area contributed by atoms with Crippen LogP contribution in [0.3, 0.4) is 0 Å². The zero-order valence-corrected chi connectivity index (χ0v) is 6.97. The largest absolute Gasteiger partial charge is 0.389 e. The van der Waals surface area contributed by atoms with Gasteiger partial charge in [-0.2, -0.15) is 0 Å². The fraction of sp³-hybridized carbons (Fsp3) is 0.800. The van der Waals surface area contributed by atoms with Gasteiger partial charge < -0.3 is 5.11 Å². The minimum atomic E-state index is -0.338. The standard InChI is InChI=1S/C10H16O/c1-8-7-9(8)10(11)5-3-2-4-6-10/h9,11H,1-7H2/t9-/m1/s1. The van der Waals surface area contributed by atoms with Gasteiger partial charge in [0.2, 0.25) is 0 Å². The van der Waals surface area contributed by atoms with E-state index in [-0.39, 0.29) is 5.60 Å². The molecule has 62 valence electrons. The normalized spacial score (nSPS) is 35.4. The van der Waals surface area contributed by atoms with Gasteiger partial charge in [-0.1, -0.05) is 31.4 Å². The molecule has 0 aromatic heterocycles. The van der Waals surface area contributed by atoms with Crippen LogP contribution < -0.4 is 0 Å². The topological polar surface area (TPSA) is 20.2 Å². The van der Waals surface area contributed by atoms with Gasteiger partial charge in [-0.3, -0.25) is 0 Å². The van der Waals surface area contributed by atoms with Crippen LogP contribution in [0.15, 0.2) is 12.2 Å². The SMILES string of the molecule is C=C1C[C@H]1C1(O)CCCCC1. The molecule has 2 aliphatic rings. The molecule has 2 saturated carbocycles. The number of hydrogen-bond acceptors (Lipinski definition) is 1. The van der Waals surface area contributed by atoms with Gasteiger partial charge in [0.1, 0.15) is 0 Å². The number of rotatable bonds is 1. The summed E-state index contributed by atoms with van der Waals surface area (Å²) >= 11 is 0. The molecule has 1 N–H and O–H groups in total. The van der Waals surface area contributed by atoms with E-state index in [9.17, 15) is 5.11 Å². The monoisotopic (exact) mass is 152 g/mol. The molecule has 2 fully saturated rings. The van der Waals surface area contributed by atoms with Crippen molar-refractivity contribution in [3.63, 3.8) is 0 Å². The Morgan fingerprint density at radius 2 is 1.82 bits per heavy atom. The Kier molecular flexibility index (Phi) is 1.57. The van der Waals surface area contributed by atoms with E-state index in [1.165, 1.54) is 24.8 Å². The van der Waals surface area contributed by atoms with Crippen LogP contribution in [0, 0.1) is 5.92 Å². The molecule has 11 heavy (non-hydrogen) atoms. The zero-order valence-electron chi connectivity index (χ0n) is 6.97. The lowest BCUT2D eigenvalue weighted by Crippen LogP contribution is -2.33. The highest BCUT2D eigenvalue weighted by Crippen LogP contribution is 2.50. The highest BCUT2D eigenvalue weighted by Gasteiger charge is 2.46. The maximum atomic E-state index is 10.1. The van der Waals surface area contributed by atoms with E-state index in [0.717, 1.165) is 19.3 Å². The highest BCUT2D eigenvalue weighted by atomic mass is 16.3. The molecule has 2 rings (SSSR count). The molecule has 2 aliphatic carbocycles. The second kappa shape index (κ2) is 2.34. The fourth-order valence-electron chi connectivity index (χ4n) is 2.29. The lowest BCUT2D eigenvalue weighted by Gasteiger charge is -2.31. The van der Waals surface area contributed by atoms with Crippen molar-refractivity contribution in [2.45, 2.75) is 44.1 Å². The van der Waals surface area contributed by atoms with Gasteiger partial charge in [-0.05, 0) is 19.3 Å². The van der Waals surface area contributed by atoms with E-state index < -0.39 is 0 Å². The summed E-state index contributed by atoms with van der Waals surface area (Å²) in [5.74, 6) is 0.461. The third-order valence-corrected chi connectivity index (χ3v) is 3.17. The van der Waals surface area contributed by atoms with Gasteiger partial charge >= 0.3 is 0 Å². The average Bonchev–Trinajstić information content (AvgIpc) is 2.69. The summed E-state index contributed by atoms with van der Waals surface area (Å²) < 4.78 is 0. The fourth-order valence-corrected chi connectivity index (χ4v) is 2.29. The van der Waals surface area contributed by atoms with Crippen molar-refractivity contribution < 1.29 is 5.11 Å². The first-order chi connectivity index (χ1) is 5.22.